The van der Waals surface area contributed by atoms with Gasteiger partial charge in [0.15, 0.2) is 0 Å². The number of carbonyl (C=O) groups excluding carboxylic acids is 1. The third-order valence-electron chi connectivity index (χ3n) is 3.65. The Morgan fingerprint density at radius 3 is 2.82 bits per heavy atom. The van der Waals surface area contributed by atoms with Crippen molar-refractivity contribution in [3.63, 3.8) is 0 Å². The summed E-state index contributed by atoms with van der Waals surface area (Å²) in [6, 6.07) is 11.6. The van der Waals surface area contributed by atoms with Crippen molar-refractivity contribution in [3.8, 4) is 0 Å². The molecule has 1 aromatic carbocycles. The molecule has 2 aliphatic heterocycles. The van der Waals surface area contributed by atoms with Gasteiger partial charge in [0.05, 0.1) is 18.9 Å². The highest BCUT2D eigenvalue weighted by Crippen LogP contribution is 2.43. The summed E-state index contributed by atoms with van der Waals surface area (Å²) in [6.45, 7) is 1.04. The Morgan fingerprint density at radius 1 is 1.18 bits per heavy atom. The predicted molar refractivity (Wildman–Crippen MR) is 81.6 cm³/mol. The molecule has 2 aromatic rings. The van der Waals surface area contributed by atoms with Crippen molar-refractivity contribution in [2.75, 3.05) is 18.5 Å². The van der Waals surface area contributed by atoms with Crippen LogP contribution in [0.4, 0.5) is 5.69 Å². The summed E-state index contributed by atoms with van der Waals surface area (Å²) >= 11 is 1.54. The van der Waals surface area contributed by atoms with Crippen LogP contribution in [0.1, 0.15) is 12.0 Å². The molecule has 0 bridgehead atoms. The number of aromatic nitrogens is 1. The lowest BCUT2D eigenvalue weighted by Gasteiger charge is -2.31. The molecule has 0 atom stereocenters. The first kappa shape index (κ1) is 13.8. The summed E-state index contributed by atoms with van der Waals surface area (Å²) in [5.74, 6) is -1.53. The molecule has 5 nitrogen and oxygen atoms in total. The third-order valence-corrected chi connectivity index (χ3v) is 4.59. The smallest absolute Gasteiger partial charge is 0.289 e. The molecule has 0 aliphatic carbocycles. The van der Waals surface area contributed by atoms with Crippen molar-refractivity contribution in [3.05, 3.63) is 48.2 Å². The monoisotopic (exact) mass is 314 g/mol. The molecule has 1 aromatic heterocycles. The summed E-state index contributed by atoms with van der Waals surface area (Å²) in [4.78, 5) is 17.6. The molecule has 3 heterocycles. The zero-order valence-corrected chi connectivity index (χ0v) is 12.6. The Labute approximate surface area is 132 Å². The van der Waals surface area contributed by atoms with E-state index >= 15 is 0 Å². The lowest BCUT2D eigenvalue weighted by atomic mass is 10.1. The van der Waals surface area contributed by atoms with Crippen LogP contribution in [-0.2, 0) is 20.1 Å². The molecule has 0 unspecified atom stereocenters. The van der Waals surface area contributed by atoms with Gasteiger partial charge in [-0.2, -0.15) is 0 Å². The van der Waals surface area contributed by atoms with Gasteiger partial charge in [0.2, 0.25) is 0 Å². The molecule has 1 saturated heterocycles. The van der Waals surface area contributed by atoms with E-state index in [9.17, 15) is 4.79 Å². The van der Waals surface area contributed by atoms with Gasteiger partial charge in [0.25, 0.3) is 11.7 Å². The van der Waals surface area contributed by atoms with Gasteiger partial charge in [-0.3, -0.25) is 4.79 Å². The summed E-state index contributed by atoms with van der Waals surface area (Å²) in [5.41, 5.74) is 1.50. The van der Waals surface area contributed by atoms with Gasteiger partial charge in [-0.25, -0.2) is 4.98 Å². The fraction of sp³-hybridized carbons (Fsp3) is 0.250. The van der Waals surface area contributed by atoms with Crippen molar-refractivity contribution in [2.45, 2.75) is 22.1 Å². The number of benzene rings is 1. The third kappa shape index (κ3) is 2.20. The number of pyridine rings is 1. The minimum absolute atomic E-state index is 0.248. The van der Waals surface area contributed by atoms with Gasteiger partial charge in [-0.15, -0.1) is 0 Å². The lowest BCUT2D eigenvalue weighted by molar-refractivity contribution is -0.255. The molecule has 1 spiro atoms. The fourth-order valence-corrected chi connectivity index (χ4v) is 3.46. The highest BCUT2D eigenvalue weighted by atomic mass is 32.2. The fourth-order valence-electron chi connectivity index (χ4n) is 2.64. The number of hydrogen-bond acceptors (Lipinski definition) is 5. The molecule has 22 heavy (non-hydrogen) atoms. The van der Waals surface area contributed by atoms with Crippen LogP contribution >= 0.6 is 11.8 Å². The molecule has 1 N–H and O–H groups in total. The zero-order valence-electron chi connectivity index (χ0n) is 11.7. The number of nitrogens with zero attached hydrogens (tertiary/aromatic N) is 1. The van der Waals surface area contributed by atoms with E-state index in [2.05, 4.69) is 10.3 Å². The molecule has 0 saturated carbocycles. The Morgan fingerprint density at radius 2 is 2.05 bits per heavy atom. The van der Waals surface area contributed by atoms with Gasteiger partial charge in [0, 0.05) is 16.7 Å². The second kappa shape index (κ2) is 5.39. The second-order valence-electron chi connectivity index (χ2n) is 5.10. The molecule has 1 fully saturated rings. The molecular weight excluding hydrogens is 300 g/mol. The Bertz CT molecular complexity index is 715. The van der Waals surface area contributed by atoms with E-state index in [1.165, 1.54) is 0 Å². The van der Waals surface area contributed by atoms with E-state index in [1.807, 2.05) is 36.4 Å². The second-order valence-corrected chi connectivity index (χ2v) is 6.19. The highest BCUT2D eigenvalue weighted by Gasteiger charge is 2.51. The summed E-state index contributed by atoms with van der Waals surface area (Å²) < 4.78 is 11.4. The van der Waals surface area contributed by atoms with Gasteiger partial charge in [0.1, 0.15) is 5.03 Å². The minimum atomic E-state index is -1.28. The van der Waals surface area contributed by atoms with E-state index in [4.69, 9.17) is 9.47 Å². The number of nitrogens with one attached hydrogen (secondary N) is 1. The van der Waals surface area contributed by atoms with Gasteiger partial charge < -0.3 is 14.8 Å². The van der Waals surface area contributed by atoms with Crippen LogP contribution in [0.2, 0.25) is 0 Å². The van der Waals surface area contributed by atoms with Crippen LogP contribution in [-0.4, -0.2) is 24.1 Å². The number of carbonyl (C=O) groups is 1. The largest absolute Gasteiger partial charge is 0.338 e. The SMILES string of the molecule is O=C1Nc2ccc(Sc3ccccn3)cc2C12OCCCO2. The number of anilines is 1. The Balaban J connectivity index is 1.70. The Hall–Kier alpha value is -1.89. The molecule has 1 amide bonds. The Kier molecular flexibility index (Phi) is 3.37. The molecule has 112 valence electrons. The zero-order chi connectivity index (χ0) is 15.0. The molecule has 2 aliphatic rings. The van der Waals surface area contributed by atoms with E-state index < -0.39 is 5.79 Å². The highest BCUT2D eigenvalue weighted by molar-refractivity contribution is 7.99. The maximum atomic E-state index is 12.3. The first-order valence-electron chi connectivity index (χ1n) is 7.11. The normalized spacial score (nSPS) is 19.0. The summed E-state index contributed by atoms with van der Waals surface area (Å²) in [6.07, 6.45) is 2.56. The molecule has 0 radical (unpaired) electrons. The van der Waals surface area contributed by atoms with Crippen LogP contribution in [0.25, 0.3) is 0 Å². The van der Waals surface area contributed by atoms with Crippen molar-refractivity contribution in [1.29, 1.82) is 0 Å². The van der Waals surface area contributed by atoms with Gasteiger partial charge in [-0.1, -0.05) is 17.8 Å². The van der Waals surface area contributed by atoms with Crippen molar-refractivity contribution >= 4 is 23.4 Å². The summed E-state index contributed by atoms with van der Waals surface area (Å²) in [7, 11) is 0. The van der Waals surface area contributed by atoms with Crippen LogP contribution in [0, 0.1) is 0 Å². The van der Waals surface area contributed by atoms with Crippen LogP contribution < -0.4 is 5.32 Å². The van der Waals surface area contributed by atoms with E-state index in [-0.39, 0.29) is 5.91 Å². The van der Waals surface area contributed by atoms with Crippen molar-refractivity contribution < 1.29 is 14.3 Å². The number of ether oxygens (including phenoxy) is 2. The number of amides is 1. The van der Waals surface area contributed by atoms with Crippen LogP contribution in [0.15, 0.2) is 52.5 Å². The minimum Gasteiger partial charge on any atom is -0.338 e. The first-order chi connectivity index (χ1) is 10.8. The van der Waals surface area contributed by atoms with E-state index in [1.54, 1.807) is 18.0 Å². The van der Waals surface area contributed by atoms with E-state index in [0.29, 0.717) is 13.2 Å². The van der Waals surface area contributed by atoms with Crippen LogP contribution in [0.5, 0.6) is 0 Å². The quantitative estimate of drug-likeness (QED) is 0.923. The number of rotatable bonds is 2. The van der Waals surface area contributed by atoms with Gasteiger partial charge in [-0.05, 0) is 36.8 Å². The maximum Gasteiger partial charge on any atom is 0.289 e. The first-order valence-corrected chi connectivity index (χ1v) is 7.92. The van der Waals surface area contributed by atoms with Gasteiger partial charge >= 0.3 is 0 Å². The average molecular weight is 314 g/mol. The average Bonchev–Trinajstić information content (AvgIpc) is 2.82. The molecular formula is C16H14N2O3S. The molecule has 6 heteroatoms. The summed E-state index contributed by atoms with van der Waals surface area (Å²) in [5, 5.41) is 3.74. The van der Waals surface area contributed by atoms with Crippen molar-refractivity contribution in [1.82, 2.24) is 4.98 Å². The predicted octanol–water partition coefficient (Wildman–Crippen LogP) is 2.77. The standard InChI is InChI=1S/C16H14N2O3S/c19-15-16(20-8-3-9-21-16)12-10-11(5-6-13(12)18-15)22-14-4-1-2-7-17-14/h1-2,4-7,10H,3,8-9H2,(H,18,19). The number of hydrogen-bond donors (Lipinski definition) is 1. The maximum absolute atomic E-state index is 12.3. The topological polar surface area (TPSA) is 60.5 Å². The van der Waals surface area contributed by atoms with Crippen LogP contribution in [0.3, 0.4) is 0 Å². The molecule has 4 rings (SSSR count). The van der Waals surface area contributed by atoms with E-state index in [0.717, 1.165) is 27.6 Å². The number of fused-ring (bicyclic) bond motifs is 2. The lowest BCUT2D eigenvalue weighted by Crippen LogP contribution is -2.43. The van der Waals surface area contributed by atoms with Crippen molar-refractivity contribution in [2.24, 2.45) is 0 Å².